The van der Waals surface area contributed by atoms with Gasteiger partial charge < -0.3 is 9.72 Å². The van der Waals surface area contributed by atoms with E-state index in [4.69, 9.17) is 27.9 Å². The summed E-state index contributed by atoms with van der Waals surface area (Å²) in [5.41, 5.74) is 0.764. The molecule has 1 aromatic heterocycles. The van der Waals surface area contributed by atoms with Crippen molar-refractivity contribution >= 4 is 52.3 Å². The molecule has 0 spiro atoms. The van der Waals surface area contributed by atoms with Gasteiger partial charge in [0.15, 0.2) is 0 Å². The Bertz CT molecular complexity index is 832. The summed E-state index contributed by atoms with van der Waals surface area (Å²) in [6, 6.07) is 5.36. The molecule has 4 nitrogen and oxygen atoms in total. The Balaban J connectivity index is 1.95. The van der Waals surface area contributed by atoms with Crippen LogP contribution in [-0.2, 0) is 9.53 Å². The van der Waals surface area contributed by atoms with E-state index in [-0.39, 0.29) is 27.9 Å². The lowest BCUT2D eigenvalue weighted by Gasteiger charge is -2.30. The normalized spacial score (nSPS) is 26.5. The molecule has 4 rings (SSSR count). The van der Waals surface area contributed by atoms with Crippen LogP contribution in [0.25, 0.3) is 0 Å². The highest BCUT2D eigenvalue weighted by Gasteiger charge is 2.49. The second-order valence-corrected chi connectivity index (χ2v) is 8.19. The van der Waals surface area contributed by atoms with Gasteiger partial charge in [0.2, 0.25) is 0 Å². The van der Waals surface area contributed by atoms with Gasteiger partial charge in [-0.15, -0.1) is 0 Å². The van der Waals surface area contributed by atoms with E-state index in [9.17, 15) is 9.59 Å². The number of esters is 1. The zero-order valence-electron chi connectivity index (χ0n) is 11.0. The third-order valence-electron chi connectivity index (χ3n) is 3.93. The maximum Gasteiger partial charge on any atom is 0.311 e. The lowest BCUT2D eigenvalue weighted by Crippen LogP contribution is -2.30. The Morgan fingerprint density at radius 1 is 1.27 bits per heavy atom. The van der Waals surface area contributed by atoms with Crippen molar-refractivity contribution in [3.8, 4) is 0 Å². The van der Waals surface area contributed by atoms with Crippen LogP contribution in [0.5, 0.6) is 0 Å². The van der Waals surface area contributed by atoms with Crippen molar-refractivity contribution in [1.82, 2.24) is 4.98 Å². The molecular weight excluding hydrogens is 365 g/mol. The van der Waals surface area contributed by atoms with Gasteiger partial charge in [0.1, 0.15) is 6.61 Å². The van der Waals surface area contributed by atoms with Crippen LogP contribution in [-0.4, -0.2) is 22.8 Å². The smallest absolute Gasteiger partial charge is 0.311 e. The topological polar surface area (TPSA) is 59.2 Å². The highest BCUT2D eigenvalue weighted by molar-refractivity contribution is 8.00. The Labute approximate surface area is 143 Å². The lowest BCUT2D eigenvalue weighted by atomic mass is 9.83. The number of hydrogen-bond donors (Lipinski definition) is 1. The number of halogens is 2. The summed E-state index contributed by atoms with van der Waals surface area (Å²) >= 11 is 15.1. The van der Waals surface area contributed by atoms with Gasteiger partial charge in [0.25, 0.3) is 0 Å². The average molecular weight is 374 g/mol. The molecule has 3 atom stereocenters. The predicted molar refractivity (Wildman–Crippen MR) is 87.3 cm³/mol. The fourth-order valence-corrected chi connectivity index (χ4v) is 5.91. The van der Waals surface area contributed by atoms with Gasteiger partial charge in [-0.2, -0.15) is 0 Å². The van der Waals surface area contributed by atoms with Gasteiger partial charge >= 0.3 is 10.8 Å². The second-order valence-electron chi connectivity index (χ2n) is 5.14. The first-order valence-corrected chi connectivity index (χ1v) is 9.01. The van der Waals surface area contributed by atoms with Gasteiger partial charge in [-0.3, -0.25) is 9.59 Å². The van der Waals surface area contributed by atoms with Gasteiger partial charge in [-0.05, 0) is 11.6 Å². The first-order chi connectivity index (χ1) is 10.6. The number of aromatic nitrogens is 1. The summed E-state index contributed by atoms with van der Waals surface area (Å²) in [5.74, 6) is -0.892. The van der Waals surface area contributed by atoms with Crippen molar-refractivity contribution in [2.24, 2.45) is 5.92 Å². The Hall–Kier alpha value is -0.950. The van der Waals surface area contributed by atoms with Crippen molar-refractivity contribution in [2.75, 3.05) is 6.61 Å². The number of H-pyrrole nitrogens is 1. The van der Waals surface area contributed by atoms with Gasteiger partial charge in [0.05, 0.1) is 26.2 Å². The van der Waals surface area contributed by atoms with Crippen LogP contribution >= 0.6 is 46.3 Å². The van der Waals surface area contributed by atoms with Crippen molar-refractivity contribution in [3.63, 3.8) is 0 Å². The molecule has 0 saturated carbocycles. The molecule has 2 aliphatic heterocycles. The summed E-state index contributed by atoms with van der Waals surface area (Å²) in [5, 5.41) is 1.64. The molecule has 2 aromatic rings. The highest BCUT2D eigenvalue weighted by Crippen LogP contribution is 2.53. The van der Waals surface area contributed by atoms with E-state index in [0.29, 0.717) is 16.7 Å². The van der Waals surface area contributed by atoms with E-state index in [1.54, 1.807) is 12.1 Å². The summed E-state index contributed by atoms with van der Waals surface area (Å²) in [7, 11) is 0. The Morgan fingerprint density at radius 3 is 2.91 bits per heavy atom. The molecule has 22 heavy (non-hydrogen) atoms. The SMILES string of the molecule is O=C1OC[C@@H]2Sc3[nH]c(=O)sc3[C@@H](c3cccc(Cl)c3Cl)[C@H]12. The van der Waals surface area contributed by atoms with Crippen molar-refractivity contribution < 1.29 is 9.53 Å². The molecule has 0 bridgehead atoms. The van der Waals surface area contributed by atoms with Crippen LogP contribution in [0.3, 0.4) is 0 Å². The van der Waals surface area contributed by atoms with Crippen molar-refractivity contribution in [2.45, 2.75) is 16.2 Å². The number of fused-ring (bicyclic) bond motifs is 2. The maximum atomic E-state index is 12.2. The Morgan fingerprint density at radius 2 is 2.09 bits per heavy atom. The van der Waals surface area contributed by atoms with Crippen LogP contribution in [0.15, 0.2) is 28.0 Å². The summed E-state index contributed by atoms with van der Waals surface area (Å²) in [6.07, 6.45) is 0. The number of thiazole rings is 1. The van der Waals surface area contributed by atoms with Crippen LogP contribution in [0.1, 0.15) is 16.4 Å². The van der Waals surface area contributed by atoms with Gasteiger partial charge in [0, 0.05) is 10.8 Å². The number of cyclic esters (lactones) is 1. The molecule has 114 valence electrons. The van der Waals surface area contributed by atoms with Crippen LogP contribution in [0.2, 0.25) is 10.0 Å². The maximum absolute atomic E-state index is 12.2. The molecule has 1 saturated heterocycles. The minimum absolute atomic E-state index is 0.0229. The van der Waals surface area contributed by atoms with E-state index in [1.165, 1.54) is 11.8 Å². The first-order valence-electron chi connectivity index (χ1n) is 6.56. The molecule has 0 radical (unpaired) electrons. The van der Waals surface area contributed by atoms with E-state index < -0.39 is 0 Å². The summed E-state index contributed by atoms with van der Waals surface area (Å²) in [6.45, 7) is 0.347. The second kappa shape index (κ2) is 5.30. The molecule has 0 unspecified atom stereocenters. The number of aromatic amines is 1. The number of benzene rings is 1. The minimum Gasteiger partial charge on any atom is -0.464 e. The van der Waals surface area contributed by atoms with E-state index in [1.807, 2.05) is 6.07 Å². The van der Waals surface area contributed by atoms with E-state index >= 15 is 0 Å². The summed E-state index contributed by atoms with van der Waals surface area (Å²) < 4.78 is 5.23. The third kappa shape index (κ3) is 2.12. The van der Waals surface area contributed by atoms with E-state index in [0.717, 1.165) is 26.8 Å². The van der Waals surface area contributed by atoms with Gasteiger partial charge in [-0.1, -0.05) is 58.4 Å². The number of carbonyl (C=O) groups excluding carboxylic acids is 1. The molecule has 3 heterocycles. The predicted octanol–water partition coefficient (Wildman–Crippen LogP) is 3.52. The molecule has 8 heteroatoms. The zero-order chi connectivity index (χ0) is 15.4. The van der Waals surface area contributed by atoms with Gasteiger partial charge in [-0.25, -0.2) is 0 Å². The van der Waals surface area contributed by atoms with Crippen molar-refractivity contribution in [3.05, 3.63) is 48.4 Å². The zero-order valence-corrected chi connectivity index (χ0v) is 14.1. The number of nitrogens with one attached hydrogen (secondary N) is 1. The average Bonchev–Trinajstić information content (AvgIpc) is 3.02. The minimum atomic E-state index is -0.347. The third-order valence-corrected chi connectivity index (χ3v) is 7.15. The van der Waals surface area contributed by atoms with Crippen molar-refractivity contribution in [1.29, 1.82) is 0 Å². The standard InChI is InChI=1S/C14H9Cl2NO3S2/c15-6-3-1-2-5(10(6)16)8-9-7(4-20-13(9)18)21-12-11(8)22-14(19)17-12/h1-3,7-9H,4H2,(H,17,19)/t7-,8-,9+/m0/s1. The molecule has 0 amide bonds. The fraction of sp³-hybridized carbons (Fsp3) is 0.286. The first kappa shape index (κ1) is 14.6. The number of carbonyl (C=O) groups is 1. The summed E-state index contributed by atoms with van der Waals surface area (Å²) in [4.78, 5) is 27.5. The number of rotatable bonds is 1. The molecule has 0 aliphatic carbocycles. The lowest BCUT2D eigenvalue weighted by molar-refractivity contribution is -0.141. The number of hydrogen-bond acceptors (Lipinski definition) is 5. The molecule has 1 fully saturated rings. The molecule has 2 aliphatic rings. The number of thioether (sulfide) groups is 1. The number of ether oxygens (including phenoxy) is 1. The van der Waals surface area contributed by atoms with Crippen LogP contribution < -0.4 is 4.87 Å². The quantitative estimate of drug-likeness (QED) is 0.776. The van der Waals surface area contributed by atoms with Crippen LogP contribution in [0.4, 0.5) is 0 Å². The highest BCUT2D eigenvalue weighted by atomic mass is 35.5. The van der Waals surface area contributed by atoms with E-state index in [2.05, 4.69) is 4.98 Å². The van der Waals surface area contributed by atoms with Crippen LogP contribution in [0, 0.1) is 5.92 Å². The molecule has 1 N–H and O–H groups in total. The monoisotopic (exact) mass is 373 g/mol. The Kier molecular flexibility index (Phi) is 3.52. The molecular formula is C14H9Cl2NO3S2. The fourth-order valence-electron chi connectivity index (χ4n) is 3.00. The largest absolute Gasteiger partial charge is 0.464 e. The molecule has 1 aromatic carbocycles.